The van der Waals surface area contributed by atoms with Crippen LogP contribution in [0.2, 0.25) is 5.02 Å². The number of thioether (sulfide) groups is 1. The van der Waals surface area contributed by atoms with E-state index in [1.165, 1.54) is 0 Å². The summed E-state index contributed by atoms with van der Waals surface area (Å²) in [7, 11) is 0. The molecule has 0 aliphatic carbocycles. The highest BCUT2D eigenvalue weighted by Crippen LogP contribution is 2.33. The van der Waals surface area contributed by atoms with Gasteiger partial charge in [-0.05, 0) is 41.8 Å². The lowest BCUT2D eigenvalue weighted by atomic mass is 10.1. The Morgan fingerprint density at radius 1 is 1.08 bits per heavy atom. The number of halogens is 1. The Morgan fingerprint density at radius 3 is 2.67 bits per heavy atom. The minimum Gasteiger partial charge on any atom is -0.454 e. The van der Waals surface area contributed by atoms with Crippen LogP contribution in [-0.4, -0.2) is 25.0 Å². The number of nitrogens with one attached hydrogen (secondary N) is 1. The van der Waals surface area contributed by atoms with E-state index in [-0.39, 0.29) is 12.7 Å². The average Bonchev–Trinajstić information content (AvgIpc) is 3.04. The minimum absolute atomic E-state index is 0.0507. The molecule has 4 nitrogen and oxygen atoms in total. The normalized spacial score (nSPS) is 12.2. The van der Waals surface area contributed by atoms with Crippen LogP contribution in [0.4, 0.5) is 0 Å². The number of benzene rings is 2. The number of carbonyl (C=O) groups is 1. The molecule has 0 saturated carbocycles. The molecular formula is C18H18ClNO3S. The number of hydrogen-bond donors (Lipinski definition) is 1. The molecule has 1 aliphatic rings. The first-order chi connectivity index (χ1) is 11.7. The second kappa shape index (κ2) is 8.31. The van der Waals surface area contributed by atoms with Gasteiger partial charge in [0.15, 0.2) is 11.5 Å². The van der Waals surface area contributed by atoms with E-state index in [1.54, 1.807) is 11.8 Å². The van der Waals surface area contributed by atoms with Crippen LogP contribution in [0.3, 0.4) is 0 Å². The molecule has 3 rings (SSSR count). The first-order valence-electron chi connectivity index (χ1n) is 7.68. The Hall–Kier alpha value is -1.85. The first kappa shape index (κ1) is 17.0. The third-order valence-electron chi connectivity index (χ3n) is 3.59. The van der Waals surface area contributed by atoms with Gasteiger partial charge in [-0.15, -0.1) is 11.8 Å². The summed E-state index contributed by atoms with van der Waals surface area (Å²) < 4.78 is 10.6. The quantitative estimate of drug-likeness (QED) is 0.815. The highest BCUT2D eigenvalue weighted by atomic mass is 35.5. The van der Waals surface area contributed by atoms with Crippen molar-refractivity contribution in [2.45, 2.75) is 12.2 Å². The maximum Gasteiger partial charge on any atom is 0.231 e. The van der Waals surface area contributed by atoms with Crippen molar-refractivity contribution in [2.75, 3.05) is 19.1 Å². The molecule has 0 radical (unpaired) electrons. The summed E-state index contributed by atoms with van der Waals surface area (Å²) >= 11 is 7.43. The van der Waals surface area contributed by atoms with E-state index < -0.39 is 0 Å². The van der Waals surface area contributed by atoms with Gasteiger partial charge in [0.05, 0.1) is 5.75 Å². The third kappa shape index (κ3) is 4.82. The molecular weight excluding hydrogens is 346 g/mol. The fraction of sp³-hybridized carbons (Fsp3) is 0.278. The van der Waals surface area contributed by atoms with Crippen molar-refractivity contribution >= 4 is 29.3 Å². The van der Waals surface area contributed by atoms with Gasteiger partial charge in [0.1, 0.15) is 0 Å². The van der Waals surface area contributed by atoms with Crippen molar-refractivity contribution in [3.8, 4) is 11.5 Å². The lowest BCUT2D eigenvalue weighted by Crippen LogP contribution is -2.27. The molecule has 0 spiro atoms. The molecule has 0 atom stereocenters. The predicted octanol–water partition coefficient (Wildman–Crippen LogP) is 3.66. The van der Waals surface area contributed by atoms with Crippen molar-refractivity contribution < 1.29 is 14.3 Å². The third-order valence-corrected chi connectivity index (χ3v) is 4.84. The highest BCUT2D eigenvalue weighted by Gasteiger charge is 2.13. The van der Waals surface area contributed by atoms with Crippen molar-refractivity contribution in [3.05, 3.63) is 58.6 Å². The van der Waals surface area contributed by atoms with Gasteiger partial charge in [-0.3, -0.25) is 4.79 Å². The fourth-order valence-electron chi connectivity index (χ4n) is 2.34. The van der Waals surface area contributed by atoms with E-state index in [2.05, 4.69) is 5.32 Å². The summed E-state index contributed by atoms with van der Waals surface area (Å²) in [4.78, 5) is 11.9. The van der Waals surface area contributed by atoms with Crippen LogP contribution in [0, 0.1) is 0 Å². The van der Waals surface area contributed by atoms with E-state index in [1.807, 2.05) is 42.5 Å². The Balaban J connectivity index is 1.34. The maximum absolute atomic E-state index is 11.9. The van der Waals surface area contributed by atoms with Gasteiger partial charge in [-0.25, -0.2) is 0 Å². The molecule has 0 saturated heterocycles. The number of fused-ring (bicyclic) bond motifs is 1. The van der Waals surface area contributed by atoms with E-state index in [4.69, 9.17) is 21.1 Å². The minimum atomic E-state index is 0.0507. The van der Waals surface area contributed by atoms with Crippen LogP contribution in [0.25, 0.3) is 0 Å². The number of rotatable bonds is 7. The summed E-state index contributed by atoms with van der Waals surface area (Å²) in [6.07, 6.45) is 0.801. The molecule has 1 amide bonds. The van der Waals surface area contributed by atoms with Crippen molar-refractivity contribution in [2.24, 2.45) is 0 Å². The Morgan fingerprint density at radius 2 is 1.83 bits per heavy atom. The topological polar surface area (TPSA) is 47.6 Å². The number of carbonyl (C=O) groups excluding carboxylic acids is 1. The van der Waals surface area contributed by atoms with E-state index in [0.717, 1.165) is 39.8 Å². The van der Waals surface area contributed by atoms with E-state index in [0.29, 0.717) is 12.3 Å². The summed E-state index contributed by atoms with van der Waals surface area (Å²) in [6, 6.07) is 13.5. The molecule has 126 valence electrons. The smallest absolute Gasteiger partial charge is 0.231 e. The van der Waals surface area contributed by atoms with Gasteiger partial charge in [0.25, 0.3) is 0 Å². The number of hydrogen-bond acceptors (Lipinski definition) is 4. The summed E-state index contributed by atoms with van der Waals surface area (Å²) in [5, 5.41) is 3.66. The number of ether oxygens (including phenoxy) is 2. The van der Waals surface area contributed by atoms with Crippen LogP contribution in [0.15, 0.2) is 42.5 Å². The summed E-state index contributed by atoms with van der Waals surface area (Å²) in [5.41, 5.74) is 2.28. The van der Waals surface area contributed by atoms with E-state index in [9.17, 15) is 4.79 Å². The van der Waals surface area contributed by atoms with Crippen LogP contribution in [0.5, 0.6) is 11.5 Å². The standard InChI is InChI=1S/C18H18ClNO3S/c19-15-4-1-13(2-5-15)7-8-20-18(21)11-24-10-14-3-6-16-17(9-14)23-12-22-16/h1-6,9H,7-8,10-12H2,(H,20,21). The van der Waals surface area contributed by atoms with Gasteiger partial charge < -0.3 is 14.8 Å². The molecule has 1 aliphatic heterocycles. The zero-order valence-electron chi connectivity index (χ0n) is 13.1. The second-order valence-electron chi connectivity index (χ2n) is 5.41. The molecule has 2 aromatic carbocycles. The molecule has 1 heterocycles. The molecule has 0 aromatic heterocycles. The Labute approximate surface area is 150 Å². The zero-order valence-corrected chi connectivity index (χ0v) is 14.7. The molecule has 0 bridgehead atoms. The molecule has 0 unspecified atom stereocenters. The van der Waals surface area contributed by atoms with Crippen LogP contribution in [0.1, 0.15) is 11.1 Å². The largest absolute Gasteiger partial charge is 0.454 e. The lowest BCUT2D eigenvalue weighted by molar-refractivity contribution is -0.118. The highest BCUT2D eigenvalue weighted by molar-refractivity contribution is 7.99. The molecule has 24 heavy (non-hydrogen) atoms. The van der Waals surface area contributed by atoms with E-state index >= 15 is 0 Å². The molecule has 0 fully saturated rings. The van der Waals surface area contributed by atoms with Gasteiger partial charge in [-0.2, -0.15) is 0 Å². The Bertz CT molecular complexity index is 706. The van der Waals surface area contributed by atoms with Crippen LogP contribution >= 0.6 is 23.4 Å². The fourth-order valence-corrected chi connectivity index (χ4v) is 3.27. The first-order valence-corrected chi connectivity index (χ1v) is 9.21. The Kier molecular flexibility index (Phi) is 5.88. The van der Waals surface area contributed by atoms with Crippen LogP contribution < -0.4 is 14.8 Å². The van der Waals surface area contributed by atoms with Crippen LogP contribution in [-0.2, 0) is 17.0 Å². The lowest BCUT2D eigenvalue weighted by Gasteiger charge is -2.06. The average molecular weight is 364 g/mol. The second-order valence-corrected chi connectivity index (χ2v) is 6.83. The van der Waals surface area contributed by atoms with Gasteiger partial charge in [0, 0.05) is 17.3 Å². The summed E-state index contributed by atoms with van der Waals surface area (Å²) in [5.74, 6) is 2.81. The molecule has 6 heteroatoms. The van der Waals surface area contributed by atoms with Gasteiger partial charge in [0.2, 0.25) is 12.7 Å². The molecule has 1 N–H and O–H groups in total. The van der Waals surface area contributed by atoms with Crippen molar-refractivity contribution in [3.63, 3.8) is 0 Å². The zero-order chi connectivity index (χ0) is 16.8. The van der Waals surface area contributed by atoms with Gasteiger partial charge >= 0.3 is 0 Å². The predicted molar refractivity (Wildman–Crippen MR) is 96.9 cm³/mol. The number of amides is 1. The maximum atomic E-state index is 11.9. The molecule has 2 aromatic rings. The monoisotopic (exact) mass is 363 g/mol. The van der Waals surface area contributed by atoms with Gasteiger partial charge in [-0.1, -0.05) is 29.8 Å². The van der Waals surface area contributed by atoms with Crippen molar-refractivity contribution in [1.29, 1.82) is 0 Å². The summed E-state index contributed by atoms with van der Waals surface area (Å²) in [6.45, 7) is 0.910. The van der Waals surface area contributed by atoms with Crippen molar-refractivity contribution in [1.82, 2.24) is 5.32 Å². The SMILES string of the molecule is O=C(CSCc1ccc2c(c1)OCO2)NCCc1ccc(Cl)cc1.